The van der Waals surface area contributed by atoms with E-state index in [-0.39, 0.29) is 54.2 Å². The zero-order chi connectivity index (χ0) is 24.9. The first kappa shape index (κ1) is 23.6. The molecule has 1 aliphatic heterocycles. The van der Waals surface area contributed by atoms with E-state index in [0.717, 1.165) is 0 Å². The average molecular weight is 484 g/mol. The maximum atomic E-state index is 13.1. The third kappa shape index (κ3) is 5.01. The van der Waals surface area contributed by atoms with Crippen molar-refractivity contribution in [1.82, 2.24) is 0 Å². The molecule has 0 bridgehead atoms. The maximum Gasteiger partial charge on any atom is 0.340 e. The lowest BCUT2D eigenvalue weighted by Gasteiger charge is -2.20. The Hall–Kier alpha value is -4.58. The van der Waals surface area contributed by atoms with Crippen LogP contribution in [0.25, 0.3) is 0 Å². The molecule has 182 valence electrons. The number of non-ortho nitro benzene ring substituents is 1. The molecule has 12 nitrogen and oxygen atoms in total. The molecule has 1 aliphatic rings. The fraction of sp³-hybridized carbons (Fsp3) is 0.217. The molecule has 2 aromatic carbocycles. The summed E-state index contributed by atoms with van der Waals surface area (Å²) in [6.07, 6.45) is 1.34. The van der Waals surface area contributed by atoms with Crippen LogP contribution >= 0.6 is 0 Å². The van der Waals surface area contributed by atoms with Gasteiger partial charge in [0.1, 0.15) is 12.4 Å². The Kier molecular flexibility index (Phi) is 6.83. The monoisotopic (exact) mass is 484 g/mol. The van der Waals surface area contributed by atoms with E-state index in [1.165, 1.54) is 50.8 Å². The number of nitro groups is 1. The third-order valence-corrected chi connectivity index (χ3v) is 5.08. The number of fused-ring (bicyclic) bond motifs is 1. The highest BCUT2D eigenvalue weighted by Gasteiger charge is 2.24. The van der Waals surface area contributed by atoms with E-state index in [4.69, 9.17) is 28.1 Å². The first-order valence-electron chi connectivity index (χ1n) is 10.2. The molecule has 0 saturated carbocycles. The molecule has 0 saturated heterocycles. The lowest BCUT2D eigenvalue weighted by molar-refractivity contribution is -0.385. The van der Waals surface area contributed by atoms with Crippen LogP contribution < -0.4 is 19.5 Å². The number of furan rings is 1. The fourth-order valence-electron chi connectivity index (χ4n) is 3.46. The Morgan fingerprint density at radius 1 is 1.14 bits per heavy atom. The second-order valence-electron chi connectivity index (χ2n) is 7.22. The number of anilines is 1. The molecule has 0 atom stereocenters. The molecule has 0 radical (unpaired) electrons. The van der Waals surface area contributed by atoms with Crippen molar-refractivity contribution in [3.63, 3.8) is 0 Å². The SMILES string of the molecule is COc1cc(NC(=O)c2ccco2)c(C(=O)OCc2cc([N+](=O)[O-])cc3c2OCOC3)cc1OC. The molecule has 12 heteroatoms. The van der Waals surface area contributed by atoms with Gasteiger partial charge in [-0.25, -0.2) is 4.79 Å². The summed E-state index contributed by atoms with van der Waals surface area (Å²) in [5.74, 6) is -0.552. The fourth-order valence-corrected chi connectivity index (χ4v) is 3.46. The van der Waals surface area contributed by atoms with Crippen molar-refractivity contribution in [2.75, 3.05) is 26.3 Å². The number of carbonyl (C=O) groups is 2. The normalized spacial score (nSPS) is 12.2. The first-order chi connectivity index (χ1) is 16.9. The van der Waals surface area contributed by atoms with Crippen LogP contribution in [0.5, 0.6) is 17.2 Å². The van der Waals surface area contributed by atoms with E-state index >= 15 is 0 Å². The van der Waals surface area contributed by atoms with Crippen LogP contribution in [0.1, 0.15) is 32.0 Å². The maximum absolute atomic E-state index is 13.1. The number of hydrogen-bond acceptors (Lipinski definition) is 10. The smallest absolute Gasteiger partial charge is 0.340 e. The number of hydrogen-bond donors (Lipinski definition) is 1. The Morgan fingerprint density at radius 2 is 1.91 bits per heavy atom. The topological polar surface area (TPSA) is 149 Å². The van der Waals surface area contributed by atoms with Crippen molar-refractivity contribution in [3.8, 4) is 17.2 Å². The van der Waals surface area contributed by atoms with Gasteiger partial charge in [-0.3, -0.25) is 14.9 Å². The molecular formula is C23H20N2O10. The molecule has 3 aromatic rings. The quantitative estimate of drug-likeness (QED) is 0.285. The number of nitrogens with one attached hydrogen (secondary N) is 1. The summed E-state index contributed by atoms with van der Waals surface area (Å²) in [5.41, 5.74) is 0.619. The summed E-state index contributed by atoms with van der Waals surface area (Å²) in [5, 5.41) is 13.9. The molecule has 0 aliphatic carbocycles. The number of nitro benzene ring substituents is 1. The van der Waals surface area contributed by atoms with Gasteiger partial charge in [-0.15, -0.1) is 0 Å². The van der Waals surface area contributed by atoms with Crippen molar-refractivity contribution < 1.29 is 42.6 Å². The van der Waals surface area contributed by atoms with Gasteiger partial charge in [0.2, 0.25) is 0 Å². The predicted octanol–water partition coefficient (Wildman–Crippen LogP) is 3.68. The zero-order valence-corrected chi connectivity index (χ0v) is 18.7. The predicted molar refractivity (Wildman–Crippen MR) is 119 cm³/mol. The third-order valence-electron chi connectivity index (χ3n) is 5.08. The van der Waals surface area contributed by atoms with Crippen LogP contribution in [0.4, 0.5) is 11.4 Å². The minimum atomic E-state index is -0.826. The van der Waals surface area contributed by atoms with Gasteiger partial charge in [0.25, 0.3) is 11.6 Å². The first-order valence-corrected chi connectivity index (χ1v) is 10.2. The number of amides is 1. The molecular weight excluding hydrogens is 464 g/mol. The van der Waals surface area contributed by atoms with Gasteiger partial charge in [0.05, 0.1) is 43.3 Å². The number of benzene rings is 2. The molecule has 4 rings (SSSR count). The molecule has 1 amide bonds. The van der Waals surface area contributed by atoms with Crippen LogP contribution in [0.15, 0.2) is 47.1 Å². The average Bonchev–Trinajstić information content (AvgIpc) is 3.42. The van der Waals surface area contributed by atoms with Crippen LogP contribution in [0, 0.1) is 10.1 Å². The van der Waals surface area contributed by atoms with Crippen LogP contribution in [0.3, 0.4) is 0 Å². The van der Waals surface area contributed by atoms with Crippen molar-refractivity contribution in [2.24, 2.45) is 0 Å². The second-order valence-corrected chi connectivity index (χ2v) is 7.22. The van der Waals surface area contributed by atoms with Gasteiger partial charge in [-0.05, 0) is 12.1 Å². The van der Waals surface area contributed by atoms with Gasteiger partial charge in [-0.2, -0.15) is 0 Å². The Balaban J connectivity index is 1.63. The number of carbonyl (C=O) groups excluding carboxylic acids is 2. The van der Waals surface area contributed by atoms with Gasteiger partial charge in [0, 0.05) is 35.4 Å². The molecule has 35 heavy (non-hydrogen) atoms. The van der Waals surface area contributed by atoms with Gasteiger partial charge in [0.15, 0.2) is 24.1 Å². The summed E-state index contributed by atoms with van der Waals surface area (Å²) in [7, 11) is 2.80. The van der Waals surface area contributed by atoms with Crippen molar-refractivity contribution in [1.29, 1.82) is 0 Å². The van der Waals surface area contributed by atoms with Crippen molar-refractivity contribution >= 4 is 23.3 Å². The number of ether oxygens (including phenoxy) is 5. The largest absolute Gasteiger partial charge is 0.493 e. The highest BCUT2D eigenvalue weighted by atomic mass is 16.7. The minimum absolute atomic E-state index is 0.0293. The van der Waals surface area contributed by atoms with E-state index in [1.54, 1.807) is 6.07 Å². The summed E-state index contributed by atoms with van der Waals surface area (Å²) >= 11 is 0. The van der Waals surface area contributed by atoms with Crippen molar-refractivity contribution in [2.45, 2.75) is 13.2 Å². The Bertz CT molecular complexity index is 1270. The van der Waals surface area contributed by atoms with Gasteiger partial charge in [-0.1, -0.05) is 0 Å². The number of esters is 1. The minimum Gasteiger partial charge on any atom is -0.493 e. The molecule has 0 unspecified atom stereocenters. The number of nitrogens with zero attached hydrogens (tertiary/aromatic N) is 1. The molecule has 1 N–H and O–H groups in total. The summed E-state index contributed by atoms with van der Waals surface area (Å²) < 4.78 is 31.7. The lowest BCUT2D eigenvalue weighted by atomic mass is 10.1. The molecule has 1 aromatic heterocycles. The van der Waals surface area contributed by atoms with E-state index < -0.39 is 16.8 Å². The summed E-state index contributed by atoms with van der Waals surface area (Å²) in [6, 6.07) is 8.38. The molecule has 2 heterocycles. The second kappa shape index (κ2) is 10.1. The number of methoxy groups -OCH3 is 2. The van der Waals surface area contributed by atoms with E-state index in [2.05, 4.69) is 5.32 Å². The summed E-state index contributed by atoms with van der Waals surface area (Å²) in [4.78, 5) is 36.4. The summed E-state index contributed by atoms with van der Waals surface area (Å²) in [6.45, 7) is -0.246. The van der Waals surface area contributed by atoms with Gasteiger partial charge < -0.3 is 33.4 Å². The Labute approximate surface area is 198 Å². The highest BCUT2D eigenvalue weighted by Crippen LogP contribution is 2.36. The van der Waals surface area contributed by atoms with Gasteiger partial charge >= 0.3 is 5.97 Å². The van der Waals surface area contributed by atoms with Crippen molar-refractivity contribution in [3.05, 3.63) is 75.2 Å². The van der Waals surface area contributed by atoms with E-state index in [1.807, 2.05) is 0 Å². The highest BCUT2D eigenvalue weighted by molar-refractivity contribution is 6.07. The Morgan fingerprint density at radius 3 is 2.60 bits per heavy atom. The van der Waals surface area contributed by atoms with Crippen LogP contribution in [0.2, 0.25) is 0 Å². The van der Waals surface area contributed by atoms with E-state index in [9.17, 15) is 19.7 Å². The standard InChI is InChI=1S/C23H20N2O10/c1-30-19-8-16(17(9-20(19)31-2)24-22(26)18-4-3-5-33-18)23(27)34-11-14-7-15(25(28)29)6-13-10-32-12-35-21(13)14/h3-9H,10-12H2,1-2H3,(H,24,26). The number of rotatable bonds is 8. The van der Waals surface area contributed by atoms with Crippen LogP contribution in [-0.2, 0) is 22.7 Å². The molecule has 0 spiro atoms. The zero-order valence-electron chi connectivity index (χ0n) is 18.7. The van der Waals surface area contributed by atoms with E-state index in [0.29, 0.717) is 16.9 Å². The lowest BCUT2D eigenvalue weighted by Crippen LogP contribution is -2.17. The molecule has 0 fully saturated rings. The van der Waals surface area contributed by atoms with Crippen LogP contribution in [-0.4, -0.2) is 37.8 Å².